The minimum absolute atomic E-state index is 0.106. The molecule has 22 heteroatoms. The quantitative estimate of drug-likeness (QED) is 0.125. The fourth-order valence-electron chi connectivity index (χ4n) is 4.15. The Morgan fingerprint density at radius 2 is 1.69 bits per heavy atom. The van der Waals surface area contributed by atoms with Crippen LogP contribution in [0.15, 0.2) is 11.1 Å². The van der Waals surface area contributed by atoms with E-state index >= 15 is 0 Å². The number of nitrogens with one attached hydrogen (secondary N) is 2. The van der Waals surface area contributed by atoms with Crippen molar-refractivity contribution in [2.24, 2.45) is 0 Å². The molecule has 20 nitrogen and oxygen atoms in total. The molecule has 0 radical (unpaired) electrons. The normalized spacial score (nSPS) is 36.6. The van der Waals surface area contributed by atoms with Crippen LogP contribution >= 0.6 is 15.6 Å². The highest BCUT2D eigenvalue weighted by Gasteiger charge is 2.45. The van der Waals surface area contributed by atoms with E-state index in [4.69, 9.17) is 10.5 Å². The zero-order valence-corrected chi connectivity index (χ0v) is 21.7. The zero-order chi connectivity index (χ0) is 28.9. The maximum absolute atomic E-state index is 12.1. The molecule has 220 valence electrons. The third-order valence-corrected chi connectivity index (χ3v) is 8.70. The number of hydrogen-bond donors (Lipinski definition) is 8. The molecule has 2 aliphatic rings. The zero-order valence-electron chi connectivity index (χ0n) is 19.9. The van der Waals surface area contributed by atoms with E-state index in [0.717, 1.165) is 10.9 Å². The molecule has 6 unspecified atom stereocenters. The first-order valence-corrected chi connectivity index (χ1v) is 14.2. The van der Waals surface area contributed by atoms with Gasteiger partial charge in [0.15, 0.2) is 17.4 Å². The molecule has 2 aromatic rings. The van der Waals surface area contributed by atoms with Crippen molar-refractivity contribution in [1.82, 2.24) is 24.8 Å². The van der Waals surface area contributed by atoms with Gasteiger partial charge >= 0.3 is 0 Å². The summed E-state index contributed by atoms with van der Waals surface area (Å²) in [5, 5.41) is 52.8. The van der Waals surface area contributed by atoms with Crippen LogP contribution in [0.5, 0.6) is 0 Å². The molecule has 0 aromatic carbocycles. The Morgan fingerprint density at radius 3 is 2.36 bits per heavy atom. The number of aromatic nitrogens is 4. The Balaban J connectivity index is 1.35. The highest BCUT2D eigenvalue weighted by molar-refractivity contribution is 7.59. The average molecular weight is 600 g/mol. The Morgan fingerprint density at radius 1 is 1.05 bits per heavy atom. The van der Waals surface area contributed by atoms with E-state index in [9.17, 15) is 49.2 Å². The van der Waals surface area contributed by atoms with Crippen LogP contribution < -0.4 is 26.4 Å². The van der Waals surface area contributed by atoms with Crippen molar-refractivity contribution >= 4 is 32.8 Å². The van der Waals surface area contributed by atoms with Crippen LogP contribution in [0.2, 0.25) is 0 Å². The van der Waals surface area contributed by atoms with Crippen LogP contribution in [-0.2, 0) is 27.2 Å². The standard InChI is InChI=1S/C17H28N6O14P2/c1-5-9(24)12(27)10(25)6(20-5)2-34-38(30,31)37-39(32,33)35-3-7-11(26)13(28)16(36-7)23-4-19-8-14(23)21-17(18)22-15(8)29/h4-7,9-13,16,20,24-28H,2-3H2,1H3,(H,30,31)(H,32,33)(H3,18,21,22,29)/p-2/t5-,6+,7+,9+,10?,11?,12?,13?,16+/m0/s1. The number of nitrogens with zero attached hydrogens (tertiary/aromatic N) is 3. The lowest BCUT2D eigenvalue weighted by Crippen LogP contribution is -2.65. The highest BCUT2D eigenvalue weighted by Crippen LogP contribution is 2.56. The van der Waals surface area contributed by atoms with Crippen molar-refractivity contribution in [2.75, 3.05) is 18.9 Å². The van der Waals surface area contributed by atoms with Gasteiger partial charge in [0, 0.05) is 6.04 Å². The number of anilines is 1. The van der Waals surface area contributed by atoms with Crippen LogP contribution in [-0.4, -0.2) is 107 Å². The van der Waals surface area contributed by atoms with E-state index in [1.165, 1.54) is 6.92 Å². The van der Waals surface area contributed by atoms with Crippen molar-refractivity contribution in [2.45, 2.75) is 61.9 Å². The maximum atomic E-state index is 12.1. The third-order valence-electron chi connectivity index (χ3n) is 6.17. The predicted octanol–water partition coefficient (Wildman–Crippen LogP) is -5.25. The summed E-state index contributed by atoms with van der Waals surface area (Å²) < 4.78 is 43.7. The van der Waals surface area contributed by atoms with Gasteiger partial charge in [0.25, 0.3) is 21.2 Å². The molecule has 9 N–H and O–H groups in total. The first-order chi connectivity index (χ1) is 18.1. The Hall–Kier alpha value is -1.87. The minimum atomic E-state index is -5.65. The second kappa shape index (κ2) is 11.2. The molecule has 39 heavy (non-hydrogen) atoms. The van der Waals surface area contributed by atoms with Crippen molar-refractivity contribution in [3.05, 3.63) is 16.7 Å². The number of aliphatic hydroxyl groups excluding tert-OH is 5. The number of phosphoric ester groups is 2. The lowest BCUT2D eigenvalue weighted by Gasteiger charge is -2.41. The molecule has 0 amide bonds. The lowest BCUT2D eigenvalue weighted by molar-refractivity contribution is -0.246. The topological polar surface area (TPSA) is 320 Å². The molecular weight excluding hydrogens is 574 g/mol. The predicted molar refractivity (Wildman–Crippen MR) is 121 cm³/mol. The molecule has 11 atom stereocenters. The molecule has 0 bridgehead atoms. The van der Waals surface area contributed by atoms with Gasteiger partial charge in [-0.3, -0.25) is 23.5 Å². The summed E-state index contributed by atoms with van der Waals surface area (Å²) in [6, 6.07) is -1.97. The minimum Gasteiger partial charge on any atom is -0.756 e. The van der Waals surface area contributed by atoms with Crippen molar-refractivity contribution in [3.63, 3.8) is 0 Å². The molecule has 0 spiro atoms. The van der Waals surface area contributed by atoms with Gasteiger partial charge in [-0.25, -0.2) is 9.29 Å². The molecule has 0 saturated carbocycles. The second-order valence-corrected chi connectivity index (χ2v) is 11.9. The van der Waals surface area contributed by atoms with Crippen molar-refractivity contribution < 1.29 is 62.5 Å². The largest absolute Gasteiger partial charge is 0.756 e. The van der Waals surface area contributed by atoms with Gasteiger partial charge in [-0.1, -0.05) is 0 Å². The van der Waals surface area contributed by atoms with Gasteiger partial charge < -0.3 is 60.2 Å². The van der Waals surface area contributed by atoms with Crippen LogP contribution in [0.25, 0.3) is 11.2 Å². The number of aromatic amines is 1. The number of hydrogen-bond acceptors (Lipinski definition) is 18. The summed E-state index contributed by atoms with van der Waals surface area (Å²) in [6.45, 7) is -0.431. The first-order valence-electron chi connectivity index (χ1n) is 11.3. The lowest BCUT2D eigenvalue weighted by atomic mass is 9.91. The highest BCUT2D eigenvalue weighted by atomic mass is 31.3. The van der Waals surface area contributed by atoms with Gasteiger partial charge in [0.1, 0.15) is 30.5 Å². The van der Waals surface area contributed by atoms with Gasteiger partial charge in [0.05, 0.1) is 31.7 Å². The molecule has 2 aromatic heterocycles. The molecule has 2 fully saturated rings. The summed E-state index contributed by atoms with van der Waals surface area (Å²) in [5.41, 5.74) is 4.57. The number of H-pyrrole nitrogens is 1. The van der Waals surface area contributed by atoms with E-state index in [1.807, 2.05) is 0 Å². The van der Waals surface area contributed by atoms with E-state index in [1.54, 1.807) is 0 Å². The third kappa shape index (κ3) is 6.39. The molecule has 0 aliphatic carbocycles. The summed E-state index contributed by atoms with van der Waals surface area (Å²) in [7, 11) is -11.3. The van der Waals surface area contributed by atoms with Crippen LogP contribution in [0.3, 0.4) is 0 Å². The van der Waals surface area contributed by atoms with E-state index in [-0.39, 0.29) is 17.1 Å². The summed E-state index contributed by atoms with van der Waals surface area (Å²) in [5.74, 6) is -0.270. The van der Waals surface area contributed by atoms with Gasteiger partial charge in [0.2, 0.25) is 5.95 Å². The summed E-state index contributed by atoms with van der Waals surface area (Å²) in [6.07, 6.45) is -9.94. The van der Waals surface area contributed by atoms with E-state index in [0.29, 0.717) is 0 Å². The molecule has 4 heterocycles. The maximum Gasteiger partial charge on any atom is 0.280 e. The number of piperidine rings is 1. The van der Waals surface area contributed by atoms with Crippen molar-refractivity contribution in [1.29, 1.82) is 0 Å². The number of imidazole rings is 1. The monoisotopic (exact) mass is 600 g/mol. The van der Waals surface area contributed by atoms with Gasteiger partial charge in [-0.15, -0.1) is 0 Å². The van der Waals surface area contributed by atoms with Gasteiger partial charge in [-0.2, -0.15) is 4.98 Å². The van der Waals surface area contributed by atoms with Gasteiger partial charge in [-0.05, 0) is 6.92 Å². The van der Waals surface area contributed by atoms with E-state index in [2.05, 4.69) is 33.6 Å². The van der Waals surface area contributed by atoms with Crippen LogP contribution in [0.1, 0.15) is 13.2 Å². The molecule has 4 rings (SSSR count). The van der Waals surface area contributed by atoms with Crippen LogP contribution in [0.4, 0.5) is 5.95 Å². The van der Waals surface area contributed by atoms with E-state index < -0.39 is 89.4 Å². The van der Waals surface area contributed by atoms with Crippen molar-refractivity contribution in [3.8, 4) is 0 Å². The average Bonchev–Trinajstić information content (AvgIpc) is 3.38. The number of aliphatic hydroxyl groups is 5. The molecule has 2 aliphatic heterocycles. The number of ether oxygens (including phenoxy) is 1. The second-order valence-electron chi connectivity index (χ2n) is 8.92. The number of nitrogens with two attached hydrogens (primary N) is 1. The molecule has 2 saturated heterocycles. The Labute approximate surface area is 218 Å². The number of fused-ring (bicyclic) bond motifs is 1. The number of rotatable bonds is 9. The number of nitrogen functional groups attached to an aromatic ring is 1. The SMILES string of the molecule is C[C@@H]1N[C@H](COP(=O)([O-])OP(=O)([O-])OC[C@H]2O[C@@H](n3cnc4c(=O)[nH]c(N)nc43)C(O)C2O)C(O)C(O)[C@@H]1O. The van der Waals surface area contributed by atoms with Crippen LogP contribution in [0, 0.1) is 0 Å². The summed E-state index contributed by atoms with van der Waals surface area (Å²) >= 11 is 0. The Bertz CT molecular complexity index is 1340. The number of phosphoric acid groups is 2. The first kappa shape index (κ1) is 30.1. The fourth-order valence-corrected chi connectivity index (χ4v) is 6.18. The summed E-state index contributed by atoms with van der Waals surface area (Å²) in [4.78, 5) is 46.1. The molecular formula is C17H26N6O14P2-2. The fraction of sp³-hybridized carbons (Fsp3) is 0.706. The smallest absolute Gasteiger partial charge is 0.280 e. The Kier molecular flexibility index (Phi) is 8.63.